The minimum atomic E-state index is -0.615. The Labute approximate surface area is 130 Å². The molecule has 0 aromatic rings. The lowest BCUT2D eigenvalue weighted by Gasteiger charge is -2.45. The largest absolute Gasteiger partial charge is 0.481 e. The van der Waals surface area contributed by atoms with Crippen molar-refractivity contribution in [3.05, 3.63) is 0 Å². The van der Waals surface area contributed by atoms with Gasteiger partial charge in [-0.05, 0) is 69.9 Å². The molecular weight excluding hydrogens is 262 g/mol. The van der Waals surface area contributed by atoms with Gasteiger partial charge in [-0.3, -0.25) is 4.79 Å². The van der Waals surface area contributed by atoms with Crippen LogP contribution in [0.3, 0.4) is 0 Å². The van der Waals surface area contributed by atoms with Gasteiger partial charge >= 0.3 is 5.97 Å². The highest BCUT2D eigenvalue weighted by Gasteiger charge is 2.40. The Morgan fingerprint density at radius 2 is 1.71 bits per heavy atom. The second kappa shape index (κ2) is 6.28. The van der Waals surface area contributed by atoms with Gasteiger partial charge in [0.05, 0.1) is 5.41 Å². The van der Waals surface area contributed by atoms with Crippen molar-refractivity contribution >= 4 is 5.97 Å². The number of carboxylic acids is 1. The lowest BCUT2D eigenvalue weighted by atomic mass is 9.68. The third-order valence-electron chi connectivity index (χ3n) is 6.65. The standard InChI is InChI=1S/C18H33NO2/c1-5-17(2,3)14-6-8-15(9-7-14)19-12-10-18(4,11-13-19)16(20)21/h14-15H,5-13H2,1-4H3,(H,20,21). The van der Waals surface area contributed by atoms with Crippen molar-refractivity contribution in [3.8, 4) is 0 Å². The lowest BCUT2D eigenvalue weighted by molar-refractivity contribution is -0.151. The average molecular weight is 295 g/mol. The van der Waals surface area contributed by atoms with Gasteiger partial charge in [-0.1, -0.05) is 27.2 Å². The Balaban J connectivity index is 1.83. The monoisotopic (exact) mass is 295 g/mol. The number of carbonyl (C=O) groups is 1. The quantitative estimate of drug-likeness (QED) is 0.846. The molecule has 2 aliphatic rings. The van der Waals surface area contributed by atoms with Crippen LogP contribution in [0.5, 0.6) is 0 Å². The molecule has 1 N–H and O–H groups in total. The van der Waals surface area contributed by atoms with E-state index in [2.05, 4.69) is 25.7 Å². The fraction of sp³-hybridized carbons (Fsp3) is 0.944. The number of likely N-dealkylation sites (tertiary alicyclic amines) is 1. The molecule has 1 saturated heterocycles. The lowest BCUT2D eigenvalue weighted by Crippen LogP contribution is -2.48. The summed E-state index contributed by atoms with van der Waals surface area (Å²) in [5.41, 5.74) is -0.00729. The van der Waals surface area contributed by atoms with Crippen molar-refractivity contribution in [1.82, 2.24) is 4.90 Å². The maximum atomic E-state index is 11.3. The molecule has 0 spiro atoms. The maximum Gasteiger partial charge on any atom is 0.309 e. The highest BCUT2D eigenvalue weighted by Crippen LogP contribution is 2.42. The van der Waals surface area contributed by atoms with Gasteiger partial charge in [0.2, 0.25) is 0 Å². The zero-order chi connectivity index (χ0) is 15.7. The Morgan fingerprint density at radius 1 is 1.19 bits per heavy atom. The minimum absolute atomic E-state index is 0.481. The van der Waals surface area contributed by atoms with Crippen LogP contribution >= 0.6 is 0 Å². The van der Waals surface area contributed by atoms with E-state index in [0.717, 1.165) is 31.8 Å². The van der Waals surface area contributed by atoms with Gasteiger partial charge in [-0.25, -0.2) is 0 Å². The highest BCUT2D eigenvalue weighted by atomic mass is 16.4. The van der Waals surface area contributed by atoms with Gasteiger partial charge < -0.3 is 10.0 Å². The topological polar surface area (TPSA) is 40.5 Å². The van der Waals surface area contributed by atoms with Crippen molar-refractivity contribution in [2.24, 2.45) is 16.7 Å². The highest BCUT2D eigenvalue weighted by molar-refractivity contribution is 5.74. The molecule has 0 atom stereocenters. The van der Waals surface area contributed by atoms with Crippen molar-refractivity contribution in [2.75, 3.05) is 13.1 Å². The molecule has 1 heterocycles. The molecule has 0 radical (unpaired) electrons. The zero-order valence-corrected chi connectivity index (χ0v) is 14.3. The van der Waals surface area contributed by atoms with E-state index in [-0.39, 0.29) is 0 Å². The fourth-order valence-electron chi connectivity index (χ4n) is 4.11. The Kier molecular flexibility index (Phi) is 5.02. The first-order valence-electron chi connectivity index (χ1n) is 8.76. The van der Waals surface area contributed by atoms with E-state index in [9.17, 15) is 9.90 Å². The number of nitrogens with zero attached hydrogens (tertiary/aromatic N) is 1. The van der Waals surface area contributed by atoms with Crippen LogP contribution in [0, 0.1) is 16.7 Å². The zero-order valence-electron chi connectivity index (χ0n) is 14.3. The molecule has 2 fully saturated rings. The van der Waals surface area contributed by atoms with Gasteiger partial charge in [0.15, 0.2) is 0 Å². The van der Waals surface area contributed by atoms with Crippen molar-refractivity contribution in [1.29, 1.82) is 0 Å². The third kappa shape index (κ3) is 3.61. The van der Waals surface area contributed by atoms with Crippen LogP contribution in [0.1, 0.15) is 72.6 Å². The summed E-state index contributed by atoms with van der Waals surface area (Å²) in [7, 11) is 0. The first-order chi connectivity index (χ1) is 9.78. The van der Waals surface area contributed by atoms with Gasteiger partial charge in [0.25, 0.3) is 0 Å². The molecule has 0 aromatic heterocycles. The molecule has 3 heteroatoms. The third-order valence-corrected chi connectivity index (χ3v) is 6.65. The first-order valence-corrected chi connectivity index (χ1v) is 8.76. The molecule has 3 nitrogen and oxygen atoms in total. The number of aliphatic carboxylic acids is 1. The summed E-state index contributed by atoms with van der Waals surface area (Å²) in [5.74, 6) is 0.253. The summed E-state index contributed by atoms with van der Waals surface area (Å²) in [6, 6.07) is 0.701. The second-order valence-electron chi connectivity index (χ2n) is 8.25. The predicted octanol–water partition coefficient (Wildman–Crippen LogP) is 4.17. The summed E-state index contributed by atoms with van der Waals surface area (Å²) in [5, 5.41) is 9.33. The van der Waals surface area contributed by atoms with Crippen LogP contribution in [0.4, 0.5) is 0 Å². The first kappa shape index (κ1) is 16.8. The van der Waals surface area contributed by atoms with Crippen molar-refractivity contribution in [3.63, 3.8) is 0 Å². The van der Waals surface area contributed by atoms with Crippen LogP contribution in [0.25, 0.3) is 0 Å². The second-order valence-corrected chi connectivity index (χ2v) is 8.25. The summed E-state index contributed by atoms with van der Waals surface area (Å²) < 4.78 is 0. The van der Waals surface area contributed by atoms with E-state index in [0.29, 0.717) is 11.5 Å². The normalized spacial score (nSPS) is 31.0. The minimum Gasteiger partial charge on any atom is -0.481 e. The van der Waals surface area contributed by atoms with E-state index in [1.165, 1.54) is 32.1 Å². The summed E-state index contributed by atoms with van der Waals surface area (Å²) >= 11 is 0. The van der Waals surface area contributed by atoms with Crippen LogP contribution < -0.4 is 0 Å². The Bertz CT molecular complexity index is 361. The number of hydrogen-bond acceptors (Lipinski definition) is 2. The molecular formula is C18H33NO2. The summed E-state index contributed by atoms with van der Waals surface area (Å²) in [6.07, 6.45) is 8.18. The van der Waals surface area contributed by atoms with Crippen LogP contribution in [0.2, 0.25) is 0 Å². The van der Waals surface area contributed by atoms with Crippen LogP contribution in [0.15, 0.2) is 0 Å². The molecule has 0 amide bonds. The summed E-state index contributed by atoms with van der Waals surface area (Å²) in [6.45, 7) is 11.0. The number of carboxylic acid groups (broad SMARTS) is 1. The van der Waals surface area contributed by atoms with E-state index in [4.69, 9.17) is 0 Å². The fourth-order valence-corrected chi connectivity index (χ4v) is 4.11. The van der Waals surface area contributed by atoms with E-state index in [1.54, 1.807) is 0 Å². The average Bonchev–Trinajstić information content (AvgIpc) is 2.48. The molecule has 2 rings (SSSR count). The molecule has 21 heavy (non-hydrogen) atoms. The van der Waals surface area contributed by atoms with Gasteiger partial charge in [-0.15, -0.1) is 0 Å². The van der Waals surface area contributed by atoms with Gasteiger partial charge in [-0.2, -0.15) is 0 Å². The van der Waals surface area contributed by atoms with E-state index >= 15 is 0 Å². The molecule has 0 aromatic carbocycles. The number of piperidine rings is 1. The SMILES string of the molecule is CCC(C)(C)C1CCC(N2CCC(C)(C(=O)O)CC2)CC1. The van der Waals surface area contributed by atoms with Crippen LogP contribution in [-0.2, 0) is 4.79 Å². The van der Waals surface area contributed by atoms with E-state index < -0.39 is 11.4 Å². The van der Waals surface area contributed by atoms with Crippen molar-refractivity contribution in [2.45, 2.75) is 78.7 Å². The van der Waals surface area contributed by atoms with Gasteiger partial charge in [0.1, 0.15) is 0 Å². The Morgan fingerprint density at radius 3 is 2.14 bits per heavy atom. The van der Waals surface area contributed by atoms with Gasteiger partial charge in [0, 0.05) is 6.04 Å². The predicted molar refractivity (Wildman–Crippen MR) is 86.4 cm³/mol. The maximum absolute atomic E-state index is 11.3. The molecule has 1 aliphatic heterocycles. The summed E-state index contributed by atoms with van der Waals surface area (Å²) in [4.78, 5) is 13.9. The molecule has 0 bridgehead atoms. The molecule has 122 valence electrons. The van der Waals surface area contributed by atoms with Crippen LogP contribution in [-0.4, -0.2) is 35.1 Å². The number of hydrogen-bond donors (Lipinski definition) is 1. The molecule has 1 aliphatic carbocycles. The smallest absolute Gasteiger partial charge is 0.309 e. The van der Waals surface area contributed by atoms with Crippen molar-refractivity contribution < 1.29 is 9.90 Å². The number of rotatable bonds is 4. The van der Waals surface area contributed by atoms with E-state index in [1.807, 2.05) is 6.92 Å². The molecule has 1 saturated carbocycles. The molecule has 0 unspecified atom stereocenters. The Hall–Kier alpha value is -0.570.